The molecule has 0 aromatic heterocycles. The molecular weight excluding hydrogens is 231 g/mol. The van der Waals surface area contributed by atoms with Crippen LogP contribution in [0.25, 0.3) is 0 Å². The predicted molar refractivity (Wildman–Crippen MR) is 73.3 cm³/mol. The summed E-state index contributed by atoms with van der Waals surface area (Å²) in [6, 6.07) is 5.17. The first kappa shape index (κ1) is 14.9. The minimum atomic E-state index is -0.241. The van der Waals surface area contributed by atoms with Gasteiger partial charge in [0.25, 0.3) is 0 Å². The lowest BCUT2D eigenvalue weighted by atomic mass is 10.1. The van der Waals surface area contributed by atoms with Crippen LogP contribution in [0.4, 0.5) is 10.1 Å². The van der Waals surface area contributed by atoms with Crippen LogP contribution in [0.1, 0.15) is 25.8 Å². The zero-order chi connectivity index (χ0) is 13.5. The molecular formula is C14H23FN2O. The second kappa shape index (κ2) is 7.34. The fourth-order valence-corrected chi connectivity index (χ4v) is 1.99. The van der Waals surface area contributed by atoms with E-state index in [1.165, 1.54) is 12.1 Å². The molecule has 1 aromatic carbocycles. The number of nitrogens with two attached hydrogens (primary N) is 1. The Bertz CT molecular complexity index is 371. The number of hydrogen-bond donors (Lipinski definition) is 1. The fourth-order valence-electron chi connectivity index (χ4n) is 1.99. The largest absolute Gasteiger partial charge is 0.383 e. The smallest absolute Gasteiger partial charge is 0.123 e. The van der Waals surface area contributed by atoms with E-state index in [-0.39, 0.29) is 5.82 Å². The molecule has 0 heterocycles. The van der Waals surface area contributed by atoms with Crippen molar-refractivity contribution in [2.45, 2.75) is 32.9 Å². The zero-order valence-electron chi connectivity index (χ0n) is 11.4. The Kier molecular flexibility index (Phi) is 6.09. The Morgan fingerprint density at radius 3 is 2.72 bits per heavy atom. The van der Waals surface area contributed by atoms with E-state index >= 15 is 0 Å². The van der Waals surface area contributed by atoms with E-state index in [4.69, 9.17) is 10.5 Å². The van der Waals surface area contributed by atoms with E-state index in [0.717, 1.165) is 24.2 Å². The first-order valence-electron chi connectivity index (χ1n) is 6.38. The quantitative estimate of drug-likeness (QED) is 0.812. The second-order valence-electron chi connectivity index (χ2n) is 4.42. The van der Waals surface area contributed by atoms with Crippen LogP contribution in [-0.2, 0) is 11.3 Å². The monoisotopic (exact) mass is 254 g/mol. The number of benzene rings is 1. The summed E-state index contributed by atoms with van der Waals surface area (Å²) in [5.41, 5.74) is 7.55. The summed E-state index contributed by atoms with van der Waals surface area (Å²) in [6.07, 6.45) is 1.02. The van der Waals surface area contributed by atoms with E-state index in [0.29, 0.717) is 19.2 Å². The van der Waals surface area contributed by atoms with Gasteiger partial charge in [0.2, 0.25) is 0 Å². The Morgan fingerprint density at radius 2 is 2.17 bits per heavy atom. The normalized spacial score (nSPS) is 12.5. The summed E-state index contributed by atoms with van der Waals surface area (Å²) < 4.78 is 18.4. The van der Waals surface area contributed by atoms with Crippen molar-refractivity contribution in [1.82, 2.24) is 0 Å². The Morgan fingerprint density at radius 1 is 1.44 bits per heavy atom. The molecule has 0 saturated carbocycles. The lowest BCUT2D eigenvalue weighted by Gasteiger charge is -2.32. The molecule has 0 amide bonds. The molecule has 0 aliphatic rings. The number of ether oxygens (including phenoxy) is 1. The van der Waals surface area contributed by atoms with Crippen LogP contribution in [0.5, 0.6) is 0 Å². The van der Waals surface area contributed by atoms with Crippen LogP contribution in [-0.4, -0.2) is 26.3 Å². The molecule has 1 atom stereocenters. The maximum Gasteiger partial charge on any atom is 0.123 e. The van der Waals surface area contributed by atoms with Gasteiger partial charge in [-0.15, -0.1) is 0 Å². The highest BCUT2D eigenvalue weighted by Gasteiger charge is 2.16. The summed E-state index contributed by atoms with van der Waals surface area (Å²) in [6.45, 7) is 6.05. The minimum Gasteiger partial charge on any atom is -0.383 e. The number of nitrogens with zero attached hydrogens (tertiary/aromatic N) is 1. The Hall–Kier alpha value is -1.13. The van der Waals surface area contributed by atoms with Gasteiger partial charge in [-0.05, 0) is 37.1 Å². The maximum atomic E-state index is 13.2. The number of methoxy groups -OCH3 is 1. The molecule has 3 nitrogen and oxygen atoms in total. The lowest BCUT2D eigenvalue weighted by Crippen LogP contribution is -2.36. The van der Waals surface area contributed by atoms with Gasteiger partial charge in [0, 0.05) is 31.9 Å². The number of hydrogen-bond acceptors (Lipinski definition) is 3. The van der Waals surface area contributed by atoms with E-state index in [9.17, 15) is 4.39 Å². The van der Waals surface area contributed by atoms with Crippen LogP contribution in [0, 0.1) is 5.82 Å². The van der Waals surface area contributed by atoms with Crippen molar-refractivity contribution in [3.63, 3.8) is 0 Å². The van der Waals surface area contributed by atoms with Crippen molar-refractivity contribution in [2.75, 3.05) is 25.2 Å². The molecule has 4 heteroatoms. The van der Waals surface area contributed by atoms with Crippen LogP contribution >= 0.6 is 0 Å². The topological polar surface area (TPSA) is 38.5 Å². The Labute approximate surface area is 109 Å². The highest BCUT2D eigenvalue weighted by atomic mass is 19.1. The van der Waals surface area contributed by atoms with Crippen LogP contribution < -0.4 is 10.6 Å². The minimum absolute atomic E-state index is 0.241. The molecule has 0 saturated heterocycles. The summed E-state index contributed by atoms with van der Waals surface area (Å²) in [4.78, 5) is 2.23. The van der Waals surface area contributed by atoms with Gasteiger partial charge in [0.1, 0.15) is 5.82 Å². The predicted octanol–water partition coefficient (Wildman–Crippen LogP) is 2.54. The molecule has 1 rings (SSSR count). The summed E-state index contributed by atoms with van der Waals surface area (Å²) in [5.74, 6) is -0.241. The molecule has 1 aromatic rings. The van der Waals surface area contributed by atoms with Gasteiger partial charge in [0.05, 0.1) is 6.61 Å². The molecule has 0 aliphatic heterocycles. The van der Waals surface area contributed by atoms with Crippen LogP contribution in [0.15, 0.2) is 18.2 Å². The van der Waals surface area contributed by atoms with E-state index in [2.05, 4.69) is 18.7 Å². The highest BCUT2D eigenvalue weighted by Crippen LogP contribution is 2.24. The van der Waals surface area contributed by atoms with E-state index in [1.54, 1.807) is 13.2 Å². The first-order chi connectivity index (χ1) is 8.63. The van der Waals surface area contributed by atoms with Crippen molar-refractivity contribution in [2.24, 2.45) is 5.73 Å². The van der Waals surface area contributed by atoms with E-state index < -0.39 is 0 Å². The second-order valence-corrected chi connectivity index (χ2v) is 4.42. The highest BCUT2D eigenvalue weighted by molar-refractivity contribution is 5.54. The van der Waals surface area contributed by atoms with Gasteiger partial charge in [-0.2, -0.15) is 0 Å². The van der Waals surface area contributed by atoms with Gasteiger partial charge < -0.3 is 15.4 Å². The average molecular weight is 254 g/mol. The molecule has 0 bridgehead atoms. The molecule has 0 spiro atoms. The van der Waals surface area contributed by atoms with Crippen LogP contribution in [0.3, 0.4) is 0 Å². The van der Waals surface area contributed by atoms with Gasteiger partial charge in [-0.3, -0.25) is 0 Å². The van der Waals surface area contributed by atoms with Crippen molar-refractivity contribution < 1.29 is 9.13 Å². The molecule has 0 radical (unpaired) electrons. The van der Waals surface area contributed by atoms with Gasteiger partial charge in [-0.1, -0.05) is 6.92 Å². The summed E-state index contributed by atoms with van der Waals surface area (Å²) in [5, 5.41) is 0. The van der Waals surface area contributed by atoms with Crippen molar-refractivity contribution in [1.29, 1.82) is 0 Å². The van der Waals surface area contributed by atoms with Crippen LogP contribution in [0.2, 0.25) is 0 Å². The maximum absolute atomic E-state index is 13.2. The van der Waals surface area contributed by atoms with Crippen molar-refractivity contribution in [3.8, 4) is 0 Å². The fraction of sp³-hybridized carbons (Fsp3) is 0.571. The number of rotatable bonds is 7. The van der Waals surface area contributed by atoms with Crippen molar-refractivity contribution >= 4 is 5.69 Å². The SMILES string of the molecule is CCC(C)N(CCOC)c1ccc(F)cc1CN. The average Bonchev–Trinajstić information content (AvgIpc) is 2.39. The molecule has 18 heavy (non-hydrogen) atoms. The number of halogens is 1. The van der Waals surface area contributed by atoms with Gasteiger partial charge >= 0.3 is 0 Å². The molecule has 2 N–H and O–H groups in total. The molecule has 0 fully saturated rings. The standard InChI is InChI=1S/C14H23FN2O/c1-4-11(2)17(7-8-18-3)14-6-5-13(15)9-12(14)10-16/h5-6,9,11H,4,7-8,10,16H2,1-3H3. The van der Waals surface area contributed by atoms with Crippen molar-refractivity contribution in [3.05, 3.63) is 29.6 Å². The van der Waals surface area contributed by atoms with Gasteiger partial charge in [0.15, 0.2) is 0 Å². The third-order valence-corrected chi connectivity index (χ3v) is 3.23. The first-order valence-corrected chi connectivity index (χ1v) is 6.38. The molecule has 1 unspecified atom stereocenters. The third-order valence-electron chi connectivity index (χ3n) is 3.23. The Balaban J connectivity index is 3.03. The van der Waals surface area contributed by atoms with E-state index in [1.807, 2.05) is 0 Å². The third kappa shape index (κ3) is 3.68. The number of anilines is 1. The lowest BCUT2D eigenvalue weighted by molar-refractivity contribution is 0.203. The zero-order valence-corrected chi connectivity index (χ0v) is 11.4. The molecule has 102 valence electrons. The van der Waals surface area contributed by atoms with Gasteiger partial charge in [-0.25, -0.2) is 4.39 Å². The molecule has 0 aliphatic carbocycles. The summed E-state index contributed by atoms with van der Waals surface area (Å²) >= 11 is 0. The summed E-state index contributed by atoms with van der Waals surface area (Å²) in [7, 11) is 1.68.